The number of aromatic nitrogens is 2. The molecule has 19 heavy (non-hydrogen) atoms. The number of aryl methyl sites for hydroxylation is 2. The van der Waals surface area contributed by atoms with E-state index in [1.54, 1.807) is 0 Å². The molecule has 0 aliphatic carbocycles. The van der Waals surface area contributed by atoms with Crippen molar-refractivity contribution in [1.82, 2.24) is 9.38 Å². The Kier molecular flexibility index (Phi) is 2.71. The SMILES string of the molecule is C=C(c1ccccc1)c1cccn2c(C)c(C)nc12. The van der Waals surface area contributed by atoms with Gasteiger partial charge in [-0.25, -0.2) is 4.98 Å². The van der Waals surface area contributed by atoms with Gasteiger partial charge in [0.05, 0.1) is 5.69 Å². The molecule has 3 rings (SSSR count). The first-order valence-electron chi connectivity index (χ1n) is 6.37. The molecule has 0 spiro atoms. The molecule has 3 aromatic rings. The highest BCUT2D eigenvalue weighted by atomic mass is 15.0. The summed E-state index contributed by atoms with van der Waals surface area (Å²) in [6.07, 6.45) is 2.05. The van der Waals surface area contributed by atoms with Crippen LogP contribution in [0.3, 0.4) is 0 Å². The smallest absolute Gasteiger partial charge is 0.145 e. The van der Waals surface area contributed by atoms with Crippen LogP contribution in [0.4, 0.5) is 0 Å². The predicted molar refractivity (Wildman–Crippen MR) is 79.2 cm³/mol. The van der Waals surface area contributed by atoms with E-state index in [4.69, 9.17) is 0 Å². The fourth-order valence-electron chi connectivity index (χ4n) is 2.33. The highest BCUT2D eigenvalue weighted by molar-refractivity contribution is 5.84. The molecular formula is C17H16N2. The number of hydrogen-bond donors (Lipinski definition) is 0. The average molecular weight is 248 g/mol. The minimum atomic E-state index is 0.978. The van der Waals surface area contributed by atoms with Crippen molar-refractivity contribution in [2.75, 3.05) is 0 Å². The highest BCUT2D eigenvalue weighted by Gasteiger charge is 2.11. The molecule has 94 valence electrons. The lowest BCUT2D eigenvalue weighted by Gasteiger charge is -2.08. The average Bonchev–Trinajstić information content (AvgIpc) is 2.75. The lowest BCUT2D eigenvalue weighted by Crippen LogP contribution is -1.93. The minimum Gasteiger partial charge on any atom is -0.304 e. The maximum atomic E-state index is 4.66. The molecule has 0 unspecified atom stereocenters. The molecule has 0 N–H and O–H groups in total. The van der Waals surface area contributed by atoms with Crippen molar-refractivity contribution in [3.63, 3.8) is 0 Å². The maximum absolute atomic E-state index is 4.66. The van der Waals surface area contributed by atoms with Crippen LogP contribution in [0.2, 0.25) is 0 Å². The number of hydrogen-bond acceptors (Lipinski definition) is 1. The third-order valence-electron chi connectivity index (χ3n) is 3.57. The van der Waals surface area contributed by atoms with Gasteiger partial charge >= 0.3 is 0 Å². The summed E-state index contributed by atoms with van der Waals surface area (Å²) in [6.45, 7) is 8.36. The summed E-state index contributed by atoms with van der Waals surface area (Å²) in [5.41, 5.74) is 6.45. The normalized spacial score (nSPS) is 10.8. The second-order valence-electron chi connectivity index (χ2n) is 4.74. The van der Waals surface area contributed by atoms with Crippen LogP contribution in [0.25, 0.3) is 11.2 Å². The summed E-state index contributed by atoms with van der Waals surface area (Å²) in [6, 6.07) is 14.4. The number of nitrogens with zero attached hydrogens (tertiary/aromatic N) is 2. The molecule has 0 radical (unpaired) electrons. The summed E-state index contributed by atoms with van der Waals surface area (Å²) in [5.74, 6) is 0. The van der Waals surface area contributed by atoms with Crippen molar-refractivity contribution in [2.24, 2.45) is 0 Å². The molecule has 0 saturated heterocycles. The molecule has 0 atom stereocenters. The van der Waals surface area contributed by atoms with Crippen LogP contribution in [0, 0.1) is 13.8 Å². The zero-order valence-electron chi connectivity index (χ0n) is 11.2. The Hall–Kier alpha value is -2.35. The van der Waals surface area contributed by atoms with Crippen molar-refractivity contribution >= 4 is 11.2 Å². The van der Waals surface area contributed by atoms with Crippen molar-refractivity contribution in [2.45, 2.75) is 13.8 Å². The second-order valence-corrected chi connectivity index (χ2v) is 4.74. The lowest BCUT2D eigenvalue weighted by atomic mass is 10.0. The van der Waals surface area contributed by atoms with E-state index in [1.807, 2.05) is 37.4 Å². The van der Waals surface area contributed by atoms with Crippen LogP contribution < -0.4 is 0 Å². The number of benzene rings is 1. The molecule has 0 saturated carbocycles. The van der Waals surface area contributed by atoms with Gasteiger partial charge < -0.3 is 4.40 Å². The maximum Gasteiger partial charge on any atom is 0.145 e. The standard InChI is InChI=1S/C17H16N2/c1-12(15-8-5-4-6-9-15)16-10-7-11-19-14(3)13(2)18-17(16)19/h4-11H,1H2,2-3H3. The fourth-order valence-corrected chi connectivity index (χ4v) is 2.33. The molecular weight excluding hydrogens is 232 g/mol. The van der Waals surface area contributed by atoms with E-state index in [9.17, 15) is 0 Å². The number of imidazole rings is 1. The lowest BCUT2D eigenvalue weighted by molar-refractivity contribution is 1.09. The van der Waals surface area contributed by atoms with E-state index < -0.39 is 0 Å². The third-order valence-corrected chi connectivity index (χ3v) is 3.57. The van der Waals surface area contributed by atoms with Crippen LogP contribution in [-0.2, 0) is 0 Å². The molecule has 2 heterocycles. The van der Waals surface area contributed by atoms with Gasteiger partial charge in [-0.05, 0) is 37.1 Å². The topological polar surface area (TPSA) is 17.3 Å². The zero-order chi connectivity index (χ0) is 13.4. The van der Waals surface area contributed by atoms with Gasteiger partial charge in [-0.3, -0.25) is 0 Å². The number of pyridine rings is 1. The van der Waals surface area contributed by atoms with Gasteiger partial charge in [0.2, 0.25) is 0 Å². The first-order chi connectivity index (χ1) is 9.18. The molecule has 0 bridgehead atoms. The van der Waals surface area contributed by atoms with Gasteiger partial charge in [0, 0.05) is 17.5 Å². The molecule has 1 aromatic carbocycles. The summed E-state index contributed by atoms with van der Waals surface area (Å²) >= 11 is 0. The molecule has 2 aromatic heterocycles. The molecule has 0 aliphatic heterocycles. The van der Waals surface area contributed by atoms with Crippen molar-refractivity contribution in [1.29, 1.82) is 0 Å². The van der Waals surface area contributed by atoms with Crippen molar-refractivity contribution < 1.29 is 0 Å². The van der Waals surface area contributed by atoms with Gasteiger partial charge in [-0.15, -0.1) is 0 Å². The highest BCUT2D eigenvalue weighted by Crippen LogP contribution is 2.25. The van der Waals surface area contributed by atoms with Gasteiger partial charge in [0.15, 0.2) is 0 Å². The van der Waals surface area contributed by atoms with E-state index in [0.717, 1.165) is 28.0 Å². The third kappa shape index (κ3) is 1.85. The summed E-state index contributed by atoms with van der Waals surface area (Å²) < 4.78 is 2.12. The Bertz CT molecular complexity index is 752. The van der Waals surface area contributed by atoms with Crippen molar-refractivity contribution in [3.8, 4) is 0 Å². The summed E-state index contributed by atoms with van der Waals surface area (Å²) in [7, 11) is 0. The van der Waals surface area contributed by atoms with Crippen molar-refractivity contribution in [3.05, 3.63) is 77.8 Å². The number of fused-ring (bicyclic) bond motifs is 1. The molecule has 0 amide bonds. The second kappa shape index (κ2) is 4.39. The minimum absolute atomic E-state index is 0.978. The monoisotopic (exact) mass is 248 g/mol. The Morgan fingerprint density at radius 1 is 1.05 bits per heavy atom. The zero-order valence-corrected chi connectivity index (χ0v) is 11.2. The van der Waals surface area contributed by atoms with E-state index in [2.05, 4.69) is 41.1 Å². The van der Waals surface area contributed by atoms with Gasteiger partial charge in [0.1, 0.15) is 5.65 Å². The molecule has 0 aliphatic rings. The largest absolute Gasteiger partial charge is 0.304 e. The van der Waals surface area contributed by atoms with E-state index in [-0.39, 0.29) is 0 Å². The van der Waals surface area contributed by atoms with Gasteiger partial charge in [0.25, 0.3) is 0 Å². The molecule has 2 heteroatoms. The first-order valence-corrected chi connectivity index (χ1v) is 6.37. The van der Waals surface area contributed by atoms with E-state index in [1.165, 1.54) is 5.69 Å². The van der Waals surface area contributed by atoms with Crippen LogP contribution >= 0.6 is 0 Å². The first kappa shape index (κ1) is 11.7. The van der Waals surface area contributed by atoms with Crippen LogP contribution in [-0.4, -0.2) is 9.38 Å². The Labute approximate surface area is 113 Å². The molecule has 2 nitrogen and oxygen atoms in total. The van der Waals surface area contributed by atoms with Gasteiger partial charge in [-0.1, -0.05) is 36.9 Å². The van der Waals surface area contributed by atoms with E-state index >= 15 is 0 Å². The fraction of sp³-hybridized carbons (Fsp3) is 0.118. The van der Waals surface area contributed by atoms with Crippen LogP contribution in [0.5, 0.6) is 0 Å². The molecule has 0 fully saturated rings. The van der Waals surface area contributed by atoms with Crippen LogP contribution in [0.1, 0.15) is 22.5 Å². The Morgan fingerprint density at radius 3 is 2.53 bits per heavy atom. The predicted octanol–water partition coefficient (Wildman–Crippen LogP) is 4.01. The number of rotatable bonds is 2. The Balaban J connectivity index is 2.21. The summed E-state index contributed by atoms with van der Waals surface area (Å²) in [5, 5.41) is 0. The van der Waals surface area contributed by atoms with E-state index in [0.29, 0.717) is 0 Å². The van der Waals surface area contributed by atoms with Gasteiger partial charge in [-0.2, -0.15) is 0 Å². The van der Waals surface area contributed by atoms with Crippen LogP contribution in [0.15, 0.2) is 55.2 Å². The Morgan fingerprint density at radius 2 is 1.79 bits per heavy atom. The quantitative estimate of drug-likeness (QED) is 0.669. The summed E-state index contributed by atoms with van der Waals surface area (Å²) in [4.78, 5) is 4.66.